The Morgan fingerprint density at radius 3 is 2.48 bits per heavy atom. The van der Waals surface area contributed by atoms with Crippen molar-refractivity contribution in [3.05, 3.63) is 65.7 Å². The second kappa shape index (κ2) is 6.64. The Morgan fingerprint density at radius 2 is 1.66 bits per heavy atom. The number of para-hydroxylation sites is 1. The van der Waals surface area contributed by atoms with E-state index >= 15 is 0 Å². The number of fused-ring (bicyclic) bond motifs is 6. The van der Waals surface area contributed by atoms with E-state index in [0.29, 0.717) is 17.7 Å². The lowest BCUT2D eigenvalue weighted by Gasteiger charge is -2.15. The van der Waals surface area contributed by atoms with E-state index in [9.17, 15) is 9.59 Å². The van der Waals surface area contributed by atoms with Gasteiger partial charge < -0.3 is 4.90 Å². The number of carbonyl (C=O) groups is 2. The van der Waals surface area contributed by atoms with Crippen LogP contribution in [-0.2, 0) is 0 Å². The molecule has 0 unspecified atom stereocenters. The van der Waals surface area contributed by atoms with Crippen LogP contribution in [-0.4, -0.2) is 53.8 Å². The first-order valence-electron chi connectivity index (χ1n) is 9.81. The molecule has 0 aliphatic carbocycles. The monoisotopic (exact) mass is 383 g/mol. The summed E-state index contributed by atoms with van der Waals surface area (Å²) in [6, 6.07) is 17.7. The average Bonchev–Trinajstić information content (AvgIpc) is 2.96. The van der Waals surface area contributed by atoms with Crippen LogP contribution < -0.4 is 0 Å². The van der Waals surface area contributed by atoms with Gasteiger partial charge in [-0.25, -0.2) is 4.98 Å². The summed E-state index contributed by atoms with van der Waals surface area (Å²) in [4.78, 5) is 34.2. The van der Waals surface area contributed by atoms with Gasteiger partial charge in [-0.3, -0.25) is 14.5 Å². The lowest BCUT2D eigenvalue weighted by molar-refractivity contribution is 0.0650. The molecule has 0 atom stereocenters. The number of pyridine rings is 1. The maximum Gasteiger partial charge on any atom is 0.262 e. The number of benzene rings is 3. The molecule has 0 bridgehead atoms. The van der Waals surface area contributed by atoms with Crippen molar-refractivity contribution in [1.29, 1.82) is 0 Å². The smallest absolute Gasteiger partial charge is 0.262 e. The van der Waals surface area contributed by atoms with Gasteiger partial charge in [0.25, 0.3) is 11.8 Å². The molecular weight excluding hydrogens is 362 g/mol. The molecule has 0 fully saturated rings. The van der Waals surface area contributed by atoms with Crippen LogP contribution in [0.4, 0.5) is 0 Å². The number of aromatic nitrogens is 1. The standard InChI is InChI=1S/C24H21N3O2/c1-26(2)12-5-13-27-23(28)18-9-8-16-17(22(18)24(27)29)10-11-21-19(16)14-15-6-3-4-7-20(15)25-21/h3-4,6-11,14H,5,12-13H2,1-2H3. The lowest BCUT2D eigenvalue weighted by atomic mass is 9.97. The highest BCUT2D eigenvalue weighted by atomic mass is 16.2. The molecule has 5 heteroatoms. The van der Waals surface area contributed by atoms with E-state index in [1.165, 1.54) is 4.90 Å². The van der Waals surface area contributed by atoms with Crippen LogP contribution in [0.25, 0.3) is 32.6 Å². The van der Waals surface area contributed by atoms with Crippen LogP contribution in [0.3, 0.4) is 0 Å². The molecule has 3 aromatic carbocycles. The summed E-state index contributed by atoms with van der Waals surface area (Å²) in [5.74, 6) is -0.384. The molecule has 0 N–H and O–H groups in total. The topological polar surface area (TPSA) is 53.5 Å². The molecule has 144 valence electrons. The fourth-order valence-corrected chi connectivity index (χ4v) is 4.19. The van der Waals surface area contributed by atoms with Gasteiger partial charge in [0.05, 0.1) is 22.2 Å². The number of amides is 2. The highest BCUT2D eigenvalue weighted by molar-refractivity contribution is 6.28. The molecule has 2 heterocycles. The van der Waals surface area contributed by atoms with E-state index in [1.54, 1.807) is 6.07 Å². The van der Waals surface area contributed by atoms with E-state index in [2.05, 4.69) is 11.0 Å². The van der Waals surface area contributed by atoms with E-state index < -0.39 is 0 Å². The maximum absolute atomic E-state index is 13.1. The molecule has 4 aromatic rings. The quantitative estimate of drug-likeness (QED) is 0.303. The first-order chi connectivity index (χ1) is 14.0. The number of rotatable bonds is 4. The zero-order valence-corrected chi connectivity index (χ0v) is 16.5. The minimum absolute atomic E-state index is 0.192. The summed E-state index contributed by atoms with van der Waals surface area (Å²) in [5, 5.41) is 3.83. The van der Waals surface area contributed by atoms with Gasteiger partial charge in [0, 0.05) is 17.3 Å². The Balaban J connectivity index is 1.65. The second-order valence-corrected chi connectivity index (χ2v) is 7.82. The van der Waals surface area contributed by atoms with Gasteiger partial charge in [-0.05, 0) is 62.1 Å². The second-order valence-electron chi connectivity index (χ2n) is 7.82. The van der Waals surface area contributed by atoms with Gasteiger partial charge in [-0.1, -0.05) is 30.3 Å². The number of imide groups is 1. The molecule has 1 aromatic heterocycles. The number of hydrogen-bond donors (Lipinski definition) is 0. The Kier molecular flexibility index (Phi) is 4.07. The molecule has 5 nitrogen and oxygen atoms in total. The van der Waals surface area contributed by atoms with Crippen molar-refractivity contribution >= 4 is 44.4 Å². The van der Waals surface area contributed by atoms with Crippen LogP contribution in [0.5, 0.6) is 0 Å². The minimum atomic E-state index is -0.192. The van der Waals surface area contributed by atoms with E-state index in [1.807, 2.05) is 56.6 Å². The molecule has 1 aliphatic rings. The van der Waals surface area contributed by atoms with E-state index in [4.69, 9.17) is 4.98 Å². The van der Waals surface area contributed by atoms with Gasteiger partial charge in [-0.2, -0.15) is 0 Å². The third-order valence-corrected chi connectivity index (χ3v) is 5.62. The normalized spacial score (nSPS) is 14.0. The molecule has 2 amide bonds. The van der Waals surface area contributed by atoms with Crippen molar-refractivity contribution in [1.82, 2.24) is 14.8 Å². The SMILES string of the molecule is CN(C)CCCN1C(=O)c2ccc3c(ccc4nc5ccccc5cc43)c2C1=O. The average molecular weight is 383 g/mol. The predicted molar refractivity (Wildman–Crippen MR) is 115 cm³/mol. The fraction of sp³-hybridized carbons (Fsp3) is 0.208. The van der Waals surface area contributed by atoms with Crippen LogP contribution in [0.2, 0.25) is 0 Å². The van der Waals surface area contributed by atoms with Gasteiger partial charge in [0.2, 0.25) is 0 Å². The van der Waals surface area contributed by atoms with Gasteiger partial charge in [-0.15, -0.1) is 0 Å². The van der Waals surface area contributed by atoms with Crippen LogP contribution in [0.1, 0.15) is 27.1 Å². The van der Waals surface area contributed by atoms with Crippen molar-refractivity contribution in [2.45, 2.75) is 6.42 Å². The molecule has 5 rings (SSSR count). The summed E-state index contributed by atoms with van der Waals surface area (Å²) < 4.78 is 0. The molecule has 1 aliphatic heterocycles. The van der Waals surface area contributed by atoms with Gasteiger partial charge >= 0.3 is 0 Å². The number of nitrogens with zero attached hydrogens (tertiary/aromatic N) is 3. The zero-order valence-electron chi connectivity index (χ0n) is 16.5. The highest BCUT2D eigenvalue weighted by Gasteiger charge is 2.36. The van der Waals surface area contributed by atoms with Gasteiger partial charge in [0.1, 0.15) is 0 Å². The third kappa shape index (κ3) is 2.77. The zero-order chi connectivity index (χ0) is 20.1. The van der Waals surface area contributed by atoms with Crippen LogP contribution in [0.15, 0.2) is 54.6 Å². The first-order valence-corrected chi connectivity index (χ1v) is 9.81. The lowest BCUT2D eigenvalue weighted by Crippen LogP contribution is -2.32. The fourth-order valence-electron chi connectivity index (χ4n) is 4.19. The van der Waals surface area contributed by atoms with Crippen molar-refractivity contribution in [3.8, 4) is 0 Å². The maximum atomic E-state index is 13.1. The summed E-state index contributed by atoms with van der Waals surface area (Å²) in [7, 11) is 3.97. The van der Waals surface area contributed by atoms with E-state index in [0.717, 1.165) is 45.5 Å². The molecule has 0 spiro atoms. The molecule has 0 radical (unpaired) electrons. The summed E-state index contributed by atoms with van der Waals surface area (Å²) in [6.07, 6.45) is 0.759. The number of carbonyl (C=O) groups excluding carboxylic acids is 2. The van der Waals surface area contributed by atoms with E-state index in [-0.39, 0.29) is 11.8 Å². The first kappa shape index (κ1) is 17.8. The minimum Gasteiger partial charge on any atom is -0.309 e. The highest BCUT2D eigenvalue weighted by Crippen LogP contribution is 2.34. The largest absolute Gasteiger partial charge is 0.309 e. The van der Waals surface area contributed by atoms with Crippen molar-refractivity contribution < 1.29 is 9.59 Å². The van der Waals surface area contributed by atoms with Crippen molar-refractivity contribution in [2.24, 2.45) is 0 Å². The third-order valence-electron chi connectivity index (χ3n) is 5.62. The molecule has 29 heavy (non-hydrogen) atoms. The Hall–Kier alpha value is -3.31. The molecular formula is C24H21N3O2. The Morgan fingerprint density at radius 1 is 0.862 bits per heavy atom. The summed E-state index contributed by atoms with van der Waals surface area (Å²) in [6.45, 7) is 1.27. The summed E-state index contributed by atoms with van der Waals surface area (Å²) >= 11 is 0. The van der Waals surface area contributed by atoms with Crippen molar-refractivity contribution in [3.63, 3.8) is 0 Å². The van der Waals surface area contributed by atoms with Gasteiger partial charge in [0.15, 0.2) is 0 Å². The molecule has 0 saturated carbocycles. The Bertz CT molecular complexity index is 1310. The van der Waals surface area contributed by atoms with Crippen molar-refractivity contribution in [2.75, 3.05) is 27.2 Å². The Labute approximate surface area is 168 Å². The molecule has 0 saturated heterocycles. The van der Waals surface area contributed by atoms with Crippen LogP contribution in [0, 0.1) is 0 Å². The predicted octanol–water partition coefficient (Wildman–Crippen LogP) is 4.09. The van der Waals surface area contributed by atoms with Crippen LogP contribution >= 0.6 is 0 Å². The number of hydrogen-bond acceptors (Lipinski definition) is 4. The summed E-state index contributed by atoms with van der Waals surface area (Å²) in [5.41, 5.74) is 2.85.